The Kier molecular flexibility index (Phi) is 5.36. The van der Waals surface area contributed by atoms with E-state index in [1.807, 2.05) is 31.2 Å². The molecule has 32 heavy (non-hydrogen) atoms. The van der Waals surface area contributed by atoms with Gasteiger partial charge in [-0.2, -0.15) is 13.2 Å². The van der Waals surface area contributed by atoms with Crippen LogP contribution in [0.3, 0.4) is 0 Å². The molecule has 2 heterocycles. The summed E-state index contributed by atoms with van der Waals surface area (Å²) < 4.78 is 40.9. The first-order chi connectivity index (χ1) is 15.1. The zero-order valence-corrected chi connectivity index (χ0v) is 17.6. The Morgan fingerprint density at radius 1 is 1.06 bits per heavy atom. The van der Waals surface area contributed by atoms with Crippen LogP contribution in [0.5, 0.6) is 5.88 Å². The van der Waals surface area contributed by atoms with Gasteiger partial charge < -0.3 is 10.0 Å². The van der Waals surface area contributed by atoms with Crippen LogP contribution in [0.1, 0.15) is 41.4 Å². The van der Waals surface area contributed by atoms with E-state index in [2.05, 4.69) is 0 Å². The molecule has 0 saturated carbocycles. The minimum absolute atomic E-state index is 0.0720. The lowest BCUT2D eigenvalue weighted by molar-refractivity contribution is -0.140. The molecule has 0 spiro atoms. The van der Waals surface area contributed by atoms with Crippen molar-refractivity contribution in [3.8, 4) is 17.0 Å². The molecule has 4 rings (SSSR count). The van der Waals surface area contributed by atoms with E-state index in [0.717, 1.165) is 21.6 Å². The predicted molar refractivity (Wildman–Crippen MR) is 113 cm³/mol. The molecule has 0 saturated heterocycles. The zero-order chi connectivity index (χ0) is 23.2. The van der Waals surface area contributed by atoms with E-state index < -0.39 is 18.6 Å². The Morgan fingerprint density at radius 2 is 1.72 bits per heavy atom. The van der Waals surface area contributed by atoms with Crippen molar-refractivity contribution in [3.05, 3.63) is 75.8 Å². The minimum atomic E-state index is -4.44. The highest BCUT2D eigenvalue weighted by Gasteiger charge is 2.37. The average molecular weight is 445 g/mol. The van der Waals surface area contributed by atoms with E-state index >= 15 is 0 Å². The number of alkyl halides is 3. The molecule has 0 fully saturated rings. The Hall–Kier alpha value is -3.49. The van der Waals surface area contributed by atoms with Crippen LogP contribution in [0.4, 0.5) is 13.2 Å². The molecule has 1 atom stereocenters. The molecule has 2 aromatic carbocycles. The van der Waals surface area contributed by atoms with Crippen LogP contribution in [0.25, 0.3) is 11.1 Å². The molecule has 1 aromatic heterocycles. The number of imidazole rings is 1. The molecule has 0 aliphatic carbocycles. The third kappa shape index (κ3) is 3.90. The van der Waals surface area contributed by atoms with E-state index in [-0.39, 0.29) is 24.2 Å². The van der Waals surface area contributed by atoms with Gasteiger partial charge in [0, 0.05) is 18.7 Å². The fourth-order valence-corrected chi connectivity index (χ4v) is 4.08. The second-order valence-electron chi connectivity index (χ2n) is 7.87. The number of rotatable bonds is 5. The first-order valence-electron chi connectivity index (χ1n) is 10.2. The number of hydrogen-bond donors (Lipinski definition) is 1. The van der Waals surface area contributed by atoms with Crippen LogP contribution >= 0.6 is 0 Å². The van der Waals surface area contributed by atoms with Crippen LogP contribution in [0, 0.1) is 0 Å². The fourth-order valence-electron chi connectivity index (χ4n) is 4.08. The Labute approximate surface area is 182 Å². The summed E-state index contributed by atoms with van der Waals surface area (Å²) in [4.78, 5) is 25.5. The van der Waals surface area contributed by atoms with Crippen LogP contribution in [-0.4, -0.2) is 37.8 Å². The van der Waals surface area contributed by atoms with Gasteiger partial charge in [0.25, 0.3) is 5.91 Å². The minimum Gasteiger partial charge on any atom is -0.493 e. The van der Waals surface area contributed by atoms with Gasteiger partial charge in [0.2, 0.25) is 5.88 Å². The predicted octanol–water partition coefficient (Wildman–Crippen LogP) is 4.17. The zero-order valence-electron chi connectivity index (χ0n) is 17.6. The third-order valence-electron chi connectivity index (χ3n) is 5.80. The lowest BCUT2D eigenvalue weighted by Gasteiger charge is -2.17. The van der Waals surface area contributed by atoms with Crippen molar-refractivity contribution in [3.63, 3.8) is 0 Å². The highest BCUT2D eigenvalue weighted by Crippen LogP contribution is 2.31. The second-order valence-corrected chi connectivity index (χ2v) is 7.87. The van der Waals surface area contributed by atoms with Gasteiger partial charge in [-0.05, 0) is 48.2 Å². The summed E-state index contributed by atoms with van der Waals surface area (Å²) in [5, 5.41) is 9.93. The first-order valence-corrected chi connectivity index (χ1v) is 10.2. The quantitative estimate of drug-likeness (QED) is 0.641. The van der Waals surface area contributed by atoms with E-state index in [0.29, 0.717) is 17.7 Å². The van der Waals surface area contributed by atoms with Gasteiger partial charge in [0.15, 0.2) is 0 Å². The monoisotopic (exact) mass is 445 g/mol. The number of hydrogen-bond acceptors (Lipinski definition) is 3. The Morgan fingerprint density at radius 3 is 2.31 bits per heavy atom. The van der Waals surface area contributed by atoms with E-state index in [1.165, 1.54) is 15.3 Å². The lowest BCUT2D eigenvalue weighted by atomic mass is 9.98. The molecule has 168 valence electrons. The van der Waals surface area contributed by atoms with Gasteiger partial charge in [-0.1, -0.05) is 30.3 Å². The SMILES string of the molecule is CCn1c(O)cn(C(C)c2ccc(-c3ccc4c(c3)CN(CC(F)(F)F)C4=O)cc2)c1=O. The van der Waals surface area contributed by atoms with Crippen LogP contribution < -0.4 is 5.69 Å². The highest BCUT2D eigenvalue weighted by molar-refractivity contribution is 5.99. The molecule has 1 aliphatic heterocycles. The van der Waals surface area contributed by atoms with E-state index in [1.54, 1.807) is 25.1 Å². The number of fused-ring (bicyclic) bond motifs is 1. The van der Waals surface area contributed by atoms with Gasteiger partial charge in [0.05, 0.1) is 12.2 Å². The summed E-state index contributed by atoms with van der Waals surface area (Å²) in [7, 11) is 0. The maximum atomic E-state index is 12.7. The summed E-state index contributed by atoms with van der Waals surface area (Å²) in [6.45, 7) is 2.66. The lowest BCUT2D eigenvalue weighted by Crippen LogP contribution is -2.34. The molecule has 9 heteroatoms. The fraction of sp³-hybridized carbons (Fsp3) is 0.304. The maximum Gasteiger partial charge on any atom is 0.406 e. The number of carbonyl (C=O) groups is 1. The van der Waals surface area contributed by atoms with Gasteiger partial charge in [-0.15, -0.1) is 0 Å². The van der Waals surface area contributed by atoms with Crippen molar-refractivity contribution in [1.29, 1.82) is 0 Å². The van der Waals surface area contributed by atoms with Crippen molar-refractivity contribution in [2.45, 2.75) is 39.2 Å². The average Bonchev–Trinajstić information content (AvgIpc) is 3.21. The molecular formula is C23H22F3N3O3. The van der Waals surface area contributed by atoms with Crippen molar-refractivity contribution >= 4 is 5.91 Å². The number of benzene rings is 2. The number of nitrogens with zero attached hydrogens (tertiary/aromatic N) is 3. The van der Waals surface area contributed by atoms with Crippen molar-refractivity contribution in [2.24, 2.45) is 0 Å². The highest BCUT2D eigenvalue weighted by atomic mass is 19.4. The third-order valence-corrected chi connectivity index (χ3v) is 5.80. The molecule has 1 unspecified atom stereocenters. The van der Waals surface area contributed by atoms with E-state index in [9.17, 15) is 27.9 Å². The molecule has 1 amide bonds. The topological polar surface area (TPSA) is 67.5 Å². The largest absolute Gasteiger partial charge is 0.493 e. The molecule has 3 aromatic rings. The summed E-state index contributed by atoms with van der Waals surface area (Å²) in [5.74, 6) is -0.700. The van der Waals surface area contributed by atoms with Gasteiger partial charge in [0.1, 0.15) is 6.54 Å². The number of aromatic nitrogens is 2. The first kappa shape index (κ1) is 21.7. The number of amides is 1. The number of halogens is 3. The van der Waals surface area contributed by atoms with Crippen LogP contribution in [-0.2, 0) is 13.1 Å². The molecule has 0 bridgehead atoms. The number of aromatic hydroxyl groups is 1. The van der Waals surface area contributed by atoms with Gasteiger partial charge in [-0.3, -0.25) is 13.9 Å². The molecular weight excluding hydrogens is 423 g/mol. The number of carbonyl (C=O) groups excluding carboxylic acids is 1. The van der Waals surface area contributed by atoms with Crippen molar-refractivity contribution < 1.29 is 23.1 Å². The summed E-state index contributed by atoms with van der Waals surface area (Å²) >= 11 is 0. The van der Waals surface area contributed by atoms with Gasteiger partial charge in [-0.25, -0.2) is 4.79 Å². The molecule has 1 N–H and O–H groups in total. The maximum absolute atomic E-state index is 12.7. The van der Waals surface area contributed by atoms with Crippen molar-refractivity contribution in [1.82, 2.24) is 14.0 Å². The van der Waals surface area contributed by atoms with Crippen LogP contribution in [0.15, 0.2) is 53.5 Å². The summed E-state index contributed by atoms with van der Waals surface area (Å²) in [5.41, 5.74) is 3.05. The summed E-state index contributed by atoms with van der Waals surface area (Å²) in [6.07, 6.45) is -3.03. The molecule has 6 nitrogen and oxygen atoms in total. The molecule has 0 radical (unpaired) electrons. The van der Waals surface area contributed by atoms with Crippen LogP contribution in [0.2, 0.25) is 0 Å². The van der Waals surface area contributed by atoms with E-state index in [4.69, 9.17) is 0 Å². The van der Waals surface area contributed by atoms with Crippen molar-refractivity contribution in [2.75, 3.05) is 6.54 Å². The second kappa shape index (κ2) is 7.89. The standard InChI is InChI=1S/C23H22F3N3O3/c1-3-28-20(30)12-29(22(28)32)14(2)15-4-6-16(7-5-15)17-8-9-19-18(10-17)11-27(21(19)31)13-23(24,25)26/h4-10,12,14,30H,3,11,13H2,1-2H3. The summed E-state index contributed by atoms with van der Waals surface area (Å²) in [6, 6.07) is 12.2. The van der Waals surface area contributed by atoms with Gasteiger partial charge >= 0.3 is 11.9 Å². The Balaban J connectivity index is 1.57. The normalized spacial score (nSPS) is 14.7. The Bertz CT molecular complexity index is 1230. The molecule has 1 aliphatic rings. The smallest absolute Gasteiger partial charge is 0.406 e.